The summed E-state index contributed by atoms with van der Waals surface area (Å²) in [4.78, 5) is 0. The highest BCUT2D eigenvalue weighted by molar-refractivity contribution is 7.10. The van der Waals surface area contributed by atoms with Crippen LogP contribution in [0.2, 0.25) is 0 Å². The van der Waals surface area contributed by atoms with E-state index in [9.17, 15) is 0 Å². The van der Waals surface area contributed by atoms with E-state index in [-0.39, 0.29) is 5.60 Å². The molecule has 5 heteroatoms. The highest BCUT2D eigenvalue weighted by Gasteiger charge is 2.29. The van der Waals surface area contributed by atoms with Crippen molar-refractivity contribution in [3.8, 4) is 0 Å². The van der Waals surface area contributed by atoms with Crippen molar-refractivity contribution in [2.24, 2.45) is 0 Å². The average molecular weight is 227 g/mol. The first kappa shape index (κ1) is 10.7. The third kappa shape index (κ3) is 2.23. The van der Waals surface area contributed by atoms with Crippen LogP contribution >= 0.6 is 11.5 Å². The minimum absolute atomic E-state index is 0.0226. The first-order chi connectivity index (χ1) is 7.11. The molecule has 1 atom stereocenters. The molecule has 0 aromatic carbocycles. The van der Waals surface area contributed by atoms with Gasteiger partial charge in [0.05, 0.1) is 5.60 Å². The van der Waals surface area contributed by atoms with Crippen LogP contribution in [0.25, 0.3) is 0 Å². The number of anilines is 2. The average Bonchev–Trinajstić information content (AvgIpc) is 2.75. The van der Waals surface area contributed by atoms with E-state index in [0.717, 1.165) is 36.6 Å². The minimum atomic E-state index is -0.0226. The number of aromatic nitrogens is 1. The summed E-state index contributed by atoms with van der Waals surface area (Å²) >= 11 is 1.42. The van der Waals surface area contributed by atoms with Crippen LogP contribution in [-0.2, 0) is 4.74 Å². The van der Waals surface area contributed by atoms with E-state index in [2.05, 4.69) is 16.6 Å². The van der Waals surface area contributed by atoms with Crippen LogP contribution in [-0.4, -0.2) is 23.1 Å². The van der Waals surface area contributed by atoms with Crippen molar-refractivity contribution in [1.82, 2.24) is 4.37 Å². The molecule has 0 amide bonds. The van der Waals surface area contributed by atoms with E-state index in [1.54, 1.807) is 0 Å². The first-order valence-corrected chi connectivity index (χ1v) is 5.98. The highest BCUT2D eigenvalue weighted by Crippen LogP contribution is 2.29. The topological polar surface area (TPSA) is 60.2 Å². The van der Waals surface area contributed by atoms with Crippen molar-refractivity contribution in [2.75, 3.05) is 24.2 Å². The van der Waals surface area contributed by atoms with Crippen LogP contribution < -0.4 is 11.1 Å². The quantitative estimate of drug-likeness (QED) is 0.829. The van der Waals surface area contributed by atoms with Crippen molar-refractivity contribution >= 4 is 22.4 Å². The summed E-state index contributed by atoms with van der Waals surface area (Å²) < 4.78 is 9.80. The van der Waals surface area contributed by atoms with Gasteiger partial charge in [-0.1, -0.05) is 0 Å². The number of nitrogens with zero attached hydrogens (tertiary/aromatic N) is 1. The van der Waals surface area contributed by atoms with Crippen molar-refractivity contribution in [1.29, 1.82) is 0 Å². The summed E-state index contributed by atoms with van der Waals surface area (Å²) in [6.07, 6.45) is 2.27. The molecule has 0 aliphatic carbocycles. The maximum atomic E-state index is 5.70. The Morgan fingerprint density at radius 1 is 1.67 bits per heavy atom. The summed E-state index contributed by atoms with van der Waals surface area (Å²) in [6, 6.07) is 0. The molecular formula is C10H17N3OS. The predicted octanol–water partition coefficient (Wildman–Crippen LogP) is 2.01. The Labute approximate surface area is 94.0 Å². The van der Waals surface area contributed by atoms with E-state index in [4.69, 9.17) is 10.5 Å². The summed E-state index contributed by atoms with van der Waals surface area (Å²) in [5, 5.41) is 4.43. The lowest BCUT2D eigenvalue weighted by atomic mass is 10.0. The predicted molar refractivity (Wildman–Crippen MR) is 63.3 cm³/mol. The zero-order valence-corrected chi connectivity index (χ0v) is 9.99. The molecule has 84 valence electrons. The van der Waals surface area contributed by atoms with Crippen LogP contribution in [0.5, 0.6) is 0 Å². The molecule has 0 saturated carbocycles. The molecule has 1 unspecified atom stereocenters. The van der Waals surface area contributed by atoms with Crippen molar-refractivity contribution in [3.63, 3.8) is 0 Å². The Morgan fingerprint density at radius 2 is 2.47 bits per heavy atom. The smallest absolute Gasteiger partial charge is 0.142 e. The van der Waals surface area contributed by atoms with Gasteiger partial charge in [-0.05, 0) is 38.2 Å². The van der Waals surface area contributed by atoms with Crippen molar-refractivity contribution < 1.29 is 4.74 Å². The lowest BCUT2D eigenvalue weighted by Crippen LogP contribution is -2.32. The summed E-state index contributed by atoms with van der Waals surface area (Å²) in [6.45, 7) is 5.84. The Hall–Kier alpha value is -0.810. The Balaban J connectivity index is 1.95. The molecule has 1 fully saturated rings. The zero-order chi connectivity index (χ0) is 10.9. The normalized spacial score (nSPS) is 25.7. The molecule has 0 radical (unpaired) electrons. The molecule has 2 rings (SSSR count). The van der Waals surface area contributed by atoms with Crippen LogP contribution in [0.15, 0.2) is 0 Å². The Morgan fingerprint density at radius 3 is 3.00 bits per heavy atom. The number of hydrogen-bond acceptors (Lipinski definition) is 5. The number of nitrogens with two attached hydrogens (primary N) is 1. The fourth-order valence-corrected chi connectivity index (χ4v) is 2.46. The molecular weight excluding hydrogens is 210 g/mol. The van der Waals surface area contributed by atoms with E-state index in [0.29, 0.717) is 5.82 Å². The lowest BCUT2D eigenvalue weighted by Gasteiger charge is -2.23. The number of ether oxygens (including phenoxy) is 1. The molecule has 4 nitrogen and oxygen atoms in total. The second-order valence-electron chi connectivity index (χ2n) is 4.28. The van der Waals surface area contributed by atoms with Crippen LogP contribution in [0, 0.1) is 6.92 Å². The minimum Gasteiger partial charge on any atom is -0.383 e. The summed E-state index contributed by atoms with van der Waals surface area (Å²) in [5.41, 5.74) is 6.71. The van der Waals surface area contributed by atoms with Crippen LogP contribution in [0.3, 0.4) is 0 Å². The van der Waals surface area contributed by atoms with Gasteiger partial charge in [0.15, 0.2) is 0 Å². The second-order valence-corrected chi connectivity index (χ2v) is 5.05. The molecule has 1 aromatic heterocycles. The van der Waals surface area contributed by atoms with E-state index in [1.807, 2.05) is 6.92 Å². The molecule has 2 heterocycles. The van der Waals surface area contributed by atoms with Gasteiger partial charge in [-0.25, -0.2) is 0 Å². The Kier molecular flexibility index (Phi) is 2.84. The van der Waals surface area contributed by atoms with E-state index >= 15 is 0 Å². The zero-order valence-electron chi connectivity index (χ0n) is 9.17. The van der Waals surface area contributed by atoms with E-state index < -0.39 is 0 Å². The maximum absolute atomic E-state index is 5.70. The van der Waals surface area contributed by atoms with Gasteiger partial charge in [0, 0.05) is 18.7 Å². The molecule has 15 heavy (non-hydrogen) atoms. The molecule has 1 aliphatic heterocycles. The number of nitrogen functional groups attached to an aromatic ring is 1. The first-order valence-electron chi connectivity index (χ1n) is 5.20. The van der Waals surface area contributed by atoms with Crippen molar-refractivity contribution in [3.05, 3.63) is 5.56 Å². The van der Waals surface area contributed by atoms with Crippen LogP contribution in [0.1, 0.15) is 25.3 Å². The molecule has 1 saturated heterocycles. The number of hydrogen-bond donors (Lipinski definition) is 2. The molecule has 1 aliphatic rings. The van der Waals surface area contributed by atoms with Gasteiger partial charge >= 0.3 is 0 Å². The largest absolute Gasteiger partial charge is 0.383 e. The van der Waals surface area contributed by atoms with E-state index in [1.165, 1.54) is 11.5 Å². The fourth-order valence-electron chi connectivity index (χ4n) is 1.76. The fraction of sp³-hybridized carbons (Fsp3) is 0.700. The van der Waals surface area contributed by atoms with Gasteiger partial charge in [-0.15, -0.1) is 0 Å². The van der Waals surface area contributed by atoms with Gasteiger partial charge in [0.1, 0.15) is 10.8 Å². The maximum Gasteiger partial charge on any atom is 0.142 e. The van der Waals surface area contributed by atoms with Gasteiger partial charge in [-0.3, -0.25) is 0 Å². The van der Waals surface area contributed by atoms with Crippen molar-refractivity contribution in [2.45, 2.75) is 32.3 Å². The molecule has 3 N–H and O–H groups in total. The van der Waals surface area contributed by atoms with Gasteiger partial charge in [0.25, 0.3) is 0 Å². The van der Waals surface area contributed by atoms with Crippen LogP contribution in [0.4, 0.5) is 10.8 Å². The third-order valence-electron chi connectivity index (χ3n) is 2.88. The summed E-state index contributed by atoms with van der Waals surface area (Å²) in [7, 11) is 0. The van der Waals surface area contributed by atoms with Gasteiger partial charge in [0.2, 0.25) is 0 Å². The SMILES string of the molecule is Cc1c(N)nsc1NCC1(C)CCCO1. The second kappa shape index (κ2) is 3.98. The Bertz CT molecular complexity index is 344. The number of rotatable bonds is 3. The molecule has 1 aromatic rings. The lowest BCUT2D eigenvalue weighted by molar-refractivity contribution is 0.0316. The van der Waals surface area contributed by atoms with Gasteiger partial charge in [-0.2, -0.15) is 4.37 Å². The standard InChI is InChI=1S/C10H17N3OS/c1-7-8(11)13-15-9(7)12-6-10(2)4-3-5-14-10/h12H,3-6H2,1-2H3,(H2,11,13). The third-order valence-corrected chi connectivity index (χ3v) is 3.80. The summed E-state index contributed by atoms with van der Waals surface area (Å²) in [5.74, 6) is 0.625. The monoisotopic (exact) mass is 227 g/mol. The van der Waals surface area contributed by atoms with Gasteiger partial charge < -0.3 is 15.8 Å². The molecule has 0 spiro atoms. The highest BCUT2D eigenvalue weighted by atomic mass is 32.1. The molecule has 0 bridgehead atoms. The number of nitrogens with one attached hydrogen (secondary N) is 1.